The van der Waals surface area contributed by atoms with Gasteiger partial charge in [-0.2, -0.15) is 0 Å². The molecule has 158 valence electrons. The van der Waals surface area contributed by atoms with Crippen LogP contribution in [0.15, 0.2) is 85.0 Å². The second-order valence-corrected chi connectivity index (χ2v) is 8.91. The van der Waals surface area contributed by atoms with E-state index in [1.807, 2.05) is 43.3 Å². The number of carbonyl (C=O) groups is 1. The third-order valence-corrected chi connectivity index (χ3v) is 6.55. The van der Waals surface area contributed by atoms with E-state index < -0.39 is 0 Å². The average Bonchev–Trinajstić information content (AvgIpc) is 3.34. The number of aliphatic imine (C=N–C) groups is 1. The molecule has 1 amide bonds. The maximum absolute atomic E-state index is 12.9. The Labute approximate surface area is 190 Å². The molecular formula is C24H22N2O3S2. The molecule has 0 saturated carbocycles. The van der Waals surface area contributed by atoms with E-state index in [0.29, 0.717) is 22.4 Å². The predicted octanol–water partition coefficient (Wildman–Crippen LogP) is 6.37. The molecule has 1 aromatic heterocycles. The molecule has 1 aliphatic rings. The minimum absolute atomic E-state index is 0.0658. The molecule has 5 nitrogen and oxygen atoms in total. The van der Waals surface area contributed by atoms with Crippen LogP contribution in [0.25, 0.3) is 6.08 Å². The predicted molar refractivity (Wildman–Crippen MR) is 127 cm³/mol. The van der Waals surface area contributed by atoms with Gasteiger partial charge in [0, 0.05) is 17.5 Å². The molecule has 0 radical (unpaired) electrons. The summed E-state index contributed by atoms with van der Waals surface area (Å²) in [6.07, 6.45) is 1.78. The van der Waals surface area contributed by atoms with Crippen molar-refractivity contribution in [3.05, 3.63) is 76.9 Å². The van der Waals surface area contributed by atoms with Crippen molar-refractivity contribution in [2.45, 2.75) is 23.8 Å². The Balaban J connectivity index is 1.52. The highest BCUT2D eigenvalue weighted by atomic mass is 32.2. The van der Waals surface area contributed by atoms with Gasteiger partial charge in [-0.15, -0.1) is 0 Å². The van der Waals surface area contributed by atoms with E-state index in [2.05, 4.69) is 36.2 Å². The fourth-order valence-electron chi connectivity index (χ4n) is 2.96. The average molecular weight is 451 g/mol. The SMILES string of the molecule is CCN1C(=O)/C(=C\c2ccc(Sc3ccc(C)cc3)o2)SC1=Nc1ccc(OC)cc1. The molecule has 1 aliphatic heterocycles. The molecule has 7 heteroatoms. The first-order chi connectivity index (χ1) is 15.1. The number of likely N-dealkylation sites (N-methyl/N-ethyl adjacent to an activating group) is 1. The maximum Gasteiger partial charge on any atom is 0.266 e. The fourth-order valence-corrected chi connectivity index (χ4v) is 4.78. The normalized spacial score (nSPS) is 16.5. The van der Waals surface area contributed by atoms with Crippen molar-refractivity contribution in [3.8, 4) is 5.75 Å². The Morgan fingerprint density at radius 3 is 2.52 bits per heavy atom. The maximum atomic E-state index is 12.9. The van der Waals surface area contributed by atoms with Gasteiger partial charge in [0.15, 0.2) is 10.3 Å². The largest absolute Gasteiger partial charge is 0.497 e. The number of rotatable bonds is 6. The van der Waals surface area contributed by atoms with Gasteiger partial charge in [0.1, 0.15) is 11.5 Å². The zero-order valence-corrected chi connectivity index (χ0v) is 19.1. The number of methoxy groups -OCH3 is 1. The molecule has 1 fully saturated rings. The van der Waals surface area contributed by atoms with Crippen LogP contribution in [-0.4, -0.2) is 29.6 Å². The zero-order chi connectivity index (χ0) is 21.8. The van der Waals surface area contributed by atoms with Crippen LogP contribution in [0.4, 0.5) is 5.69 Å². The van der Waals surface area contributed by atoms with Gasteiger partial charge in [-0.1, -0.05) is 29.5 Å². The summed E-state index contributed by atoms with van der Waals surface area (Å²) in [5, 5.41) is 1.44. The van der Waals surface area contributed by atoms with Crippen LogP contribution >= 0.6 is 23.5 Å². The molecule has 0 unspecified atom stereocenters. The molecule has 2 heterocycles. The van der Waals surface area contributed by atoms with Crippen LogP contribution in [0.5, 0.6) is 5.75 Å². The number of thioether (sulfide) groups is 1. The number of ether oxygens (including phenoxy) is 1. The number of amides is 1. The van der Waals surface area contributed by atoms with Crippen LogP contribution in [0, 0.1) is 6.92 Å². The van der Waals surface area contributed by atoms with Gasteiger partial charge in [-0.05, 0) is 74.1 Å². The molecule has 4 rings (SSSR count). The second kappa shape index (κ2) is 9.49. The quantitative estimate of drug-likeness (QED) is 0.408. The highest BCUT2D eigenvalue weighted by Crippen LogP contribution is 2.36. The molecule has 3 aromatic rings. The Morgan fingerprint density at radius 1 is 1.10 bits per heavy atom. The summed E-state index contributed by atoms with van der Waals surface area (Å²) in [5.74, 6) is 1.35. The first-order valence-electron chi connectivity index (χ1n) is 9.84. The van der Waals surface area contributed by atoms with Crippen molar-refractivity contribution in [2.75, 3.05) is 13.7 Å². The van der Waals surface area contributed by atoms with E-state index >= 15 is 0 Å². The third-order valence-electron chi connectivity index (χ3n) is 4.62. The van der Waals surface area contributed by atoms with Crippen LogP contribution in [0.1, 0.15) is 18.2 Å². The molecule has 0 bridgehead atoms. The number of amidine groups is 1. The fraction of sp³-hybridized carbons (Fsp3) is 0.167. The van der Waals surface area contributed by atoms with E-state index in [1.165, 1.54) is 17.3 Å². The molecule has 31 heavy (non-hydrogen) atoms. The molecule has 1 saturated heterocycles. The van der Waals surface area contributed by atoms with E-state index in [1.54, 1.807) is 29.8 Å². The molecule has 0 atom stereocenters. The van der Waals surface area contributed by atoms with Gasteiger partial charge in [0.05, 0.1) is 17.7 Å². The number of aryl methyl sites for hydroxylation is 1. The summed E-state index contributed by atoms with van der Waals surface area (Å²) in [6, 6.07) is 19.5. The van der Waals surface area contributed by atoms with E-state index in [4.69, 9.17) is 9.15 Å². The smallest absolute Gasteiger partial charge is 0.266 e. The highest BCUT2D eigenvalue weighted by molar-refractivity contribution is 8.18. The molecule has 2 aromatic carbocycles. The zero-order valence-electron chi connectivity index (χ0n) is 17.5. The Kier molecular flexibility index (Phi) is 6.53. The summed E-state index contributed by atoms with van der Waals surface area (Å²) in [6.45, 7) is 4.55. The number of carbonyl (C=O) groups excluding carboxylic acids is 1. The van der Waals surface area contributed by atoms with Crippen molar-refractivity contribution in [2.24, 2.45) is 4.99 Å². The van der Waals surface area contributed by atoms with E-state index in [9.17, 15) is 4.79 Å². The number of furan rings is 1. The van der Waals surface area contributed by atoms with Crippen molar-refractivity contribution >= 4 is 46.4 Å². The first-order valence-corrected chi connectivity index (χ1v) is 11.5. The standard InChI is InChI=1S/C24H22N2O3S2/c1-4-26-23(27)21(31-24(26)25-17-7-9-18(28-3)10-8-17)15-19-11-14-22(29-19)30-20-12-5-16(2)6-13-20/h5-15H,4H2,1-3H3/b21-15+,25-24?. The lowest BCUT2D eigenvalue weighted by molar-refractivity contribution is -0.122. The first kappa shape index (κ1) is 21.3. The molecular weight excluding hydrogens is 428 g/mol. The van der Waals surface area contributed by atoms with Crippen molar-refractivity contribution in [3.63, 3.8) is 0 Å². The highest BCUT2D eigenvalue weighted by Gasteiger charge is 2.32. The van der Waals surface area contributed by atoms with Crippen LogP contribution in [0.3, 0.4) is 0 Å². The summed E-state index contributed by atoms with van der Waals surface area (Å²) in [7, 11) is 1.63. The van der Waals surface area contributed by atoms with Crippen molar-refractivity contribution < 1.29 is 13.9 Å². The topological polar surface area (TPSA) is 55.0 Å². The van der Waals surface area contributed by atoms with Gasteiger partial charge in [0.25, 0.3) is 5.91 Å². The van der Waals surface area contributed by atoms with Crippen molar-refractivity contribution in [1.82, 2.24) is 4.90 Å². The van der Waals surface area contributed by atoms with Gasteiger partial charge in [-0.3, -0.25) is 9.69 Å². The minimum atomic E-state index is -0.0658. The summed E-state index contributed by atoms with van der Waals surface area (Å²) in [5.41, 5.74) is 1.99. The van der Waals surface area contributed by atoms with Gasteiger partial charge >= 0.3 is 0 Å². The molecule has 0 aliphatic carbocycles. The summed E-state index contributed by atoms with van der Waals surface area (Å²) < 4.78 is 11.1. The molecule has 0 spiro atoms. The monoisotopic (exact) mass is 450 g/mol. The van der Waals surface area contributed by atoms with Crippen molar-refractivity contribution in [1.29, 1.82) is 0 Å². The summed E-state index contributed by atoms with van der Waals surface area (Å²) in [4.78, 5) is 20.9. The Morgan fingerprint density at radius 2 is 1.84 bits per heavy atom. The third kappa shape index (κ3) is 5.06. The lowest BCUT2D eigenvalue weighted by Crippen LogP contribution is -2.28. The number of hydrogen-bond acceptors (Lipinski definition) is 6. The Hall–Kier alpha value is -2.90. The van der Waals surface area contributed by atoms with E-state index in [0.717, 1.165) is 21.4 Å². The van der Waals surface area contributed by atoms with Crippen LogP contribution in [0.2, 0.25) is 0 Å². The lowest BCUT2D eigenvalue weighted by Gasteiger charge is -2.12. The second-order valence-electron chi connectivity index (χ2n) is 6.82. The van der Waals surface area contributed by atoms with E-state index in [-0.39, 0.29) is 5.91 Å². The Bertz CT molecular complexity index is 1130. The number of benzene rings is 2. The van der Waals surface area contributed by atoms with Gasteiger partial charge in [0.2, 0.25) is 0 Å². The lowest BCUT2D eigenvalue weighted by atomic mass is 10.2. The van der Waals surface area contributed by atoms with Crippen LogP contribution in [-0.2, 0) is 4.79 Å². The summed E-state index contributed by atoms with van der Waals surface area (Å²) >= 11 is 2.91. The van der Waals surface area contributed by atoms with Gasteiger partial charge < -0.3 is 9.15 Å². The number of nitrogens with zero attached hydrogens (tertiary/aromatic N) is 2. The van der Waals surface area contributed by atoms with Crippen LogP contribution < -0.4 is 4.74 Å². The minimum Gasteiger partial charge on any atom is -0.497 e. The molecule has 0 N–H and O–H groups in total. The van der Waals surface area contributed by atoms with Gasteiger partial charge in [-0.25, -0.2) is 4.99 Å². The number of hydrogen-bond donors (Lipinski definition) is 0.